The highest BCUT2D eigenvalue weighted by atomic mass is 16.4. The van der Waals surface area contributed by atoms with Crippen molar-refractivity contribution in [3.8, 4) is 39.5 Å². The number of benzene rings is 4. The summed E-state index contributed by atoms with van der Waals surface area (Å²) in [7, 11) is 0. The van der Waals surface area contributed by atoms with E-state index in [4.69, 9.17) is 10.2 Å². The Morgan fingerprint density at radius 3 is 1.67 bits per heavy atom. The molecule has 0 fully saturated rings. The van der Waals surface area contributed by atoms with Gasteiger partial charge < -0.3 is 25.5 Å². The van der Waals surface area contributed by atoms with Crippen LogP contribution < -0.4 is 0 Å². The van der Waals surface area contributed by atoms with E-state index in [1.165, 1.54) is 42.5 Å². The summed E-state index contributed by atoms with van der Waals surface area (Å²) in [6, 6.07) is 23.4. The number of carboxylic acid groups (broad SMARTS) is 2. The number of hydrogen-bond donors (Lipinski definition) is 5. The molecular formula is C26H20O7. The number of aromatic carboxylic acids is 2. The molecule has 4 aromatic rings. The molecule has 0 spiro atoms. The lowest BCUT2D eigenvalue weighted by molar-refractivity contribution is 0.0686. The molecule has 7 heteroatoms. The van der Waals surface area contributed by atoms with E-state index in [0.29, 0.717) is 22.3 Å². The fourth-order valence-corrected chi connectivity index (χ4v) is 3.24. The number of aromatic hydroxyl groups is 3. The van der Waals surface area contributed by atoms with Crippen LogP contribution in [0.5, 0.6) is 17.2 Å². The van der Waals surface area contributed by atoms with Crippen molar-refractivity contribution in [2.24, 2.45) is 0 Å². The molecule has 0 heterocycles. The first kappa shape index (κ1) is 22.9. The van der Waals surface area contributed by atoms with E-state index in [1.54, 1.807) is 48.5 Å². The molecule has 4 rings (SSSR count). The summed E-state index contributed by atoms with van der Waals surface area (Å²) in [4.78, 5) is 21.7. The lowest BCUT2D eigenvalue weighted by Gasteiger charge is -2.15. The molecule has 0 bridgehead atoms. The van der Waals surface area contributed by atoms with E-state index in [2.05, 4.69) is 0 Å². The van der Waals surface area contributed by atoms with Crippen molar-refractivity contribution in [2.75, 3.05) is 0 Å². The van der Waals surface area contributed by atoms with Gasteiger partial charge in [-0.1, -0.05) is 48.5 Å². The quantitative estimate of drug-likeness (QED) is 0.291. The molecule has 0 saturated carbocycles. The SMILES string of the molecule is O=C(O)c1ccc(O)cc1.O=C(O)c1ccccc1-c1cccc(O)c1-c1ccccc1O. The summed E-state index contributed by atoms with van der Waals surface area (Å²) in [5.41, 5.74) is 2.19. The number of phenolic OH excluding ortho intramolecular Hbond substituents is 3. The maximum atomic E-state index is 11.5. The molecule has 0 aliphatic rings. The largest absolute Gasteiger partial charge is 0.508 e. The summed E-state index contributed by atoms with van der Waals surface area (Å²) in [5, 5.41) is 47.0. The summed E-state index contributed by atoms with van der Waals surface area (Å²) >= 11 is 0. The highest BCUT2D eigenvalue weighted by Crippen LogP contribution is 2.42. The molecule has 166 valence electrons. The fraction of sp³-hybridized carbons (Fsp3) is 0. The number of rotatable bonds is 4. The van der Waals surface area contributed by atoms with E-state index in [1.807, 2.05) is 0 Å². The summed E-state index contributed by atoms with van der Waals surface area (Å²) in [6.07, 6.45) is 0. The van der Waals surface area contributed by atoms with E-state index >= 15 is 0 Å². The monoisotopic (exact) mass is 444 g/mol. The van der Waals surface area contributed by atoms with Crippen LogP contribution >= 0.6 is 0 Å². The molecule has 0 atom stereocenters. The van der Waals surface area contributed by atoms with E-state index in [0.717, 1.165) is 0 Å². The number of carbonyl (C=O) groups is 2. The molecule has 0 radical (unpaired) electrons. The van der Waals surface area contributed by atoms with Crippen molar-refractivity contribution in [1.82, 2.24) is 0 Å². The molecule has 0 amide bonds. The lowest BCUT2D eigenvalue weighted by atomic mass is 9.91. The standard InChI is InChI=1S/C19H14O4.C7H6O3/c20-16-10-4-3-8-15(16)18-13(9-5-11-17(18)21)12-6-1-2-7-14(12)19(22)23;8-6-3-1-5(2-4-6)7(9)10/h1-11,20-21H,(H,22,23);1-4,8H,(H,9,10). The van der Waals surface area contributed by atoms with Crippen molar-refractivity contribution < 1.29 is 35.1 Å². The molecule has 5 N–H and O–H groups in total. The number of para-hydroxylation sites is 1. The zero-order valence-corrected chi connectivity index (χ0v) is 17.2. The zero-order chi connectivity index (χ0) is 24.0. The second kappa shape index (κ2) is 10.0. The molecule has 33 heavy (non-hydrogen) atoms. The van der Waals surface area contributed by atoms with Gasteiger partial charge in [0, 0.05) is 11.1 Å². The minimum absolute atomic E-state index is 0.0167. The van der Waals surface area contributed by atoms with Gasteiger partial charge in [0.15, 0.2) is 0 Å². The topological polar surface area (TPSA) is 135 Å². The van der Waals surface area contributed by atoms with Gasteiger partial charge in [-0.05, 0) is 53.6 Å². The Bertz CT molecular complexity index is 1290. The lowest BCUT2D eigenvalue weighted by Crippen LogP contribution is -2.00. The Kier molecular flexibility index (Phi) is 6.95. The highest BCUT2D eigenvalue weighted by Gasteiger charge is 2.18. The van der Waals surface area contributed by atoms with Gasteiger partial charge >= 0.3 is 11.9 Å². The van der Waals surface area contributed by atoms with Gasteiger partial charge in [-0.15, -0.1) is 0 Å². The molecule has 0 saturated heterocycles. The maximum Gasteiger partial charge on any atom is 0.336 e. The highest BCUT2D eigenvalue weighted by molar-refractivity contribution is 6.00. The summed E-state index contributed by atoms with van der Waals surface area (Å²) in [5.74, 6) is -1.97. The third-order valence-electron chi connectivity index (χ3n) is 4.78. The maximum absolute atomic E-state index is 11.5. The van der Waals surface area contributed by atoms with E-state index in [-0.39, 0.29) is 28.4 Å². The predicted molar refractivity (Wildman–Crippen MR) is 123 cm³/mol. The Balaban J connectivity index is 0.000000257. The minimum atomic E-state index is -1.05. The Hall–Kier alpha value is -4.78. The van der Waals surface area contributed by atoms with Gasteiger partial charge in [-0.25, -0.2) is 9.59 Å². The van der Waals surface area contributed by atoms with Crippen LogP contribution in [0.15, 0.2) is 91.0 Å². The van der Waals surface area contributed by atoms with Crippen molar-refractivity contribution >= 4 is 11.9 Å². The van der Waals surface area contributed by atoms with Crippen LogP contribution in [0.3, 0.4) is 0 Å². The average Bonchev–Trinajstić information content (AvgIpc) is 2.80. The summed E-state index contributed by atoms with van der Waals surface area (Å²) < 4.78 is 0. The minimum Gasteiger partial charge on any atom is -0.508 e. The molecule has 0 aliphatic heterocycles. The average molecular weight is 444 g/mol. The van der Waals surface area contributed by atoms with Gasteiger partial charge in [0.1, 0.15) is 17.2 Å². The summed E-state index contributed by atoms with van der Waals surface area (Å²) in [6.45, 7) is 0. The first-order valence-corrected chi connectivity index (χ1v) is 9.75. The van der Waals surface area contributed by atoms with Gasteiger partial charge in [-0.2, -0.15) is 0 Å². The molecule has 7 nitrogen and oxygen atoms in total. The van der Waals surface area contributed by atoms with Gasteiger partial charge in [0.25, 0.3) is 0 Å². The predicted octanol–water partition coefficient (Wildman–Crippen LogP) is 5.22. The first-order valence-electron chi connectivity index (χ1n) is 9.75. The van der Waals surface area contributed by atoms with Crippen molar-refractivity contribution in [1.29, 1.82) is 0 Å². The number of hydrogen-bond acceptors (Lipinski definition) is 5. The normalized spacial score (nSPS) is 10.1. The number of phenols is 3. The fourth-order valence-electron chi connectivity index (χ4n) is 3.24. The van der Waals surface area contributed by atoms with Gasteiger partial charge in [0.05, 0.1) is 11.1 Å². The molecule has 0 unspecified atom stereocenters. The van der Waals surface area contributed by atoms with Crippen molar-refractivity contribution in [3.63, 3.8) is 0 Å². The van der Waals surface area contributed by atoms with Crippen molar-refractivity contribution in [3.05, 3.63) is 102 Å². The van der Waals surface area contributed by atoms with Crippen LogP contribution in [0.25, 0.3) is 22.3 Å². The van der Waals surface area contributed by atoms with E-state index < -0.39 is 11.9 Å². The third kappa shape index (κ3) is 5.29. The smallest absolute Gasteiger partial charge is 0.336 e. The number of carboxylic acids is 2. The molecular weight excluding hydrogens is 424 g/mol. The van der Waals surface area contributed by atoms with E-state index in [9.17, 15) is 24.9 Å². The van der Waals surface area contributed by atoms with Crippen LogP contribution in [-0.2, 0) is 0 Å². The first-order chi connectivity index (χ1) is 15.8. The van der Waals surface area contributed by atoms with Gasteiger partial charge in [0.2, 0.25) is 0 Å². The Labute approximate surface area is 189 Å². The Morgan fingerprint density at radius 1 is 0.515 bits per heavy atom. The molecule has 0 aliphatic carbocycles. The second-order valence-electron chi connectivity index (χ2n) is 6.92. The van der Waals surface area contributed by atoms with Crippen LogP contribution in [0, 0.1) is 0 Å². The zero-order valence-electron chi connectivity index (χ0n) is 17.2. The third-order valence-corrected chi connectivity index (χ3v) is 4.78. The Morgan fingerprint density at radius 2 is 1.06 bits per heavy atom. The van der Waals surface area contributed by atoms with Gasteiger partial charge in [-0.3, -0.25) is 0 Å². The molecule has 0 aromatic heterocycles. The van der Waals surface area contributed by atoms with Crippen LogP contribution in [0.1, 0.15) is 20.7 Å². The molecule has 4 aromatic carbocycles. The van der Waals surface area contributed by atoms with Crippen LogP contribution in [0.4, 0.5) is 0 Å². The van der Waals surface area contributed by atoms with Crippen LogP contribution in [0.2, 0.25) is 0 Å². The van der Waals surface area contributed by atoms with Crippen molar-refractivity contribution in [2.45, 2.75) is 0 Å². The van der Waals surface area contributed by atoms with Crippen LogP contribution in [-0.4, -0.2) is 37.5 Å². The second-order valence-corrected chi connectivity index (χ2v) is 6.92.